The Balaban J connectivity index is 2.19. The zero-order valence-corrected chi connectivity index (χ0v) is 21.0. The van der Waals surface area contributed by atoms with Gasteiger partial charge in [0.2, 0.25) is 21.8 Å². The van der Waals surface area contributed by atoms with Gasteiger partial charge in [-0.2, -0.15) is 13.2 Å². The molecule has 2 rings (SSSR count). The summed E-state index contributed by atoms with van der Waals surface area (Å²) in [6.07, 6.45) is -3.96. The molecule has 1 unspecified atom stereocenters. The molecule has 0 saturated carbocycles. The highest BCUT2D eigenvalue weighted by Gasteiger charge is 2.32. The summed E-state index contributed by atoms with van der Waals surface area (Å²) in [7, 11) is -3.95. The van der Waals surface area contributed by atoms with Crippen LogP contribution >= 0.6 is 0 Å². The Hall–Kier alpha value is -3.15. The minimum Gasteiger partial charge on any atom is -0.355 e. The highest BCUT2D eigenvalue weighted by Crippen LogP contribution is 2.32. The fourth-order valence-electron chi connectivity index (χ4n) is 3.53. The molecule has 0 radical (unpaired) electrons. The van der Waals surface area contributed by atoms with Gasteiger partial charge in [-0.25, -0.2) is 12.8 Å². The van der Waals surface area contributed by atoms with Crippen LogP contribution in [0, 0.1) is 5.82 Å². The van der Waals surface area contributed by atoms with Gasteiger partial charge >= 0.3 is 6.18 Å². The molecule has 1 atom stereocenters. The number of hydrogen-bond acceptors (Lipinski definition) is 4. The fraction of sp³-hybridized carbons (Fsp3) is 0.417. The van der Waals surface area contributed by atoms with Gasteiger partial charge in [-0.3, -0.25) is 13.9 Å². The van der Waals surface area contributed by atoms with E-state index in [1.807, 2.05) is 0 Å². The van der Waals surface area contributed by atoms with Crippen LogP contribution in [0.1, 0.15) is 37.8 Å². The number of carbonyl (C=O) groups is 2. The molecule has 0 fully saturated rings. The molecular formula is C24H29F4N3O4S. The molecule has 0 aromatic heterocycles. The van der Waals surface area contributed by atoms with E-state index in [1.165, 1.54) is 42.2 Å². The van der Waals surface area contributed by atoms with Crippen LogP contribution in [0.5, 0.6) is 0 Å². The van der Waals surface area contributed by atoms with Gasteiger partial charge in [-0.15, -0.1) is 0 Å². The topological polar surface area (TPSA) is 86.8 Å². The van der Waals surface area contributed by atoms with E-state index in [0.717, 1.165) is 28.8 Å². The molecule has 0 bridgehead atoms. The second kappa shape index (κ2) is 12.2. The van der Waals surface area contributed by atoms with Crippen LogP contribution in [0.2, 0.25) is 0 Å². The largest absolute Gasteiger partial charge is 0.416 e. The lowest BCUT2D eigenvalue weighted by molar-refractivity contribution is -0.140. The molecule has 7 nitrogen and oxygen atoms in total. The molecule has 1 N–H and O–H groups in total. The standard InChI is InChI=1S/C24H29F4N3O4S/c1-4-29-23(33)17(2)30(16-18-10-12-20(25)13-11-18)22(32)9-6-14-31(36(3,34)35)21-8-5-7-19(15-21)24(26,27)28/h5,7-8,10-13,15,17H,4,6,9,14,16H2,1-3H3,(H,29,33). The van der Waals surface area contributed by atoms with Gasteiger partial charge in [0.15, 0.2) is 0 Å². The Morgan fingerprint density at radius 2 is 1.72 bits per heavy atom. The number of nitrogens with one attached hydrogen (secondary N) is 1. The third-order valence-corrected chi connectivity index (χ3v) is 6.59. The summed E-state index contributed by atoms with van der Waals surface area (Å²) < 4.78 is 78.0. The molecule has 2 aromatic rings. The van der Waals surface area contributed by atoms with E-state index in [2.05, 4.69) is 5.32 Å². The van der Waals surface area contributed by atoms with Crippen LogP contribution in [0.25, 0.3) is 0 Å². The van der Waals surface area contributed by atoms with Crippen LogP contribution in [0.4, 0.5) is 23.2 Å². The van der Waals surface area contributed by atoms with E-state index in [0.29, 0.717) is 12.1 Å². The van der Waals surface area contributed by atoms with Crippen molar-refractivity contribution < 1.29 is 35.6 Å². The predicted octanol–water partition coefficient (Wildman–Crippen LogP) is 3.94. The molecule has 2 aromatic carbocycles. The van der Waals surface area contributed by atoms with Gasteiger partial charge in [0.05, 0.1) is 17.5 Å². The maximum absolute atomic E-state index is 13.3. The van der Waals surface area contributed by atoms with Crippen molar-refractivity contribution in [1.29, 1.82) is 0 Å². The molecular weight excluding hydrogens is 502 g/mol. The predicted molar refractivity (Wildman–Crippen MR) is 128 cm³/mol. The summed E-state index contributed by atoms with van der Waals surface area (Å²) in [4.78, 5) is 26.8. The van der Waals surface area contributed by atoms with Gasteiger partial charge in [0.25, 0.3) is 0 Å². The summed E-state index contributed by atoms with van der Waals surface area (Å²) in [5.41, 5.74) is -0.577. The Morgan fingerprint density at radius 1 is 1.08 bits per heavy atom. The van der Waals surface area contributed by atoms with Crippen molar-refractivity contribution in [2.45, 2.75) is 45.5 Å². The molecule has 0 aliphatic carbocycles. The second-order valence-corrected chi connectivity index (χ2v) is 10.1. The third-order valence-electron chi connectivity index (χ3n) is 5.40. The van der Waals surface area contributed by atoms with Crippen molar-refractivity contribution >= 4 is 27.5 Å². The number of amides is 2. The Kier molecular flexibility index (Phi) is 9.85. The van der Waals surface area contributed by atoms with Crippen molar-refractivity contribution in [3.63, 3.8) is 0 Å². The lowest BCUT2D eigenvalue weighted by atomic mass is 10.1. The van der Waals surface area contributed by atoms with Crippen LogP contribution < -0.4 is 9.62 Å². The number of hydrogen-bond donors (Lipinski definition) is 1. The number of rotatable bonds is 11. The minimum atomic E-state index is -4.65. The SMILES string of the molecule is CCNC(=O)C(C)N(Cc1ccc(F)cc1)C(=O)CCCN(c1cccc(C(F)(F)F)c1)S(C)(=O)=O. The van der Waals surface area contributed by atoms with E-state index >= 15 is 0 Å². The van der Waals surface area contributed by atoms with Gasteiger partial charge in [-0.05, 0) is 56.2 Å². The number of halogens is 4. The Labute approximate surface area is 208 Å². The lowest BCUT2D eigenvalue weighted by Gasteiger charge is -2.29. The minimum absolute atomic E-state index is 0.00974. The lowest BCUT2D eigenvalue weighted by Crippen LogP contribution is -2.47. The van der Waals surface area contributed by atoms with E-state index < -0.39 is 45.4 Å². The van der Waals surface area contributed by atoms with E-state index in [9.17, 15) is 35.6 Å². The van der Waals surface area contributed by atoms with Crippen LogP contribution in [-0.4, -0.2) is 50.5 Å². The summed E-state index contributed by atoms with van der Waals surface area (Å²) in [5, 5.41) is 2.64. The number of carbonyl (C=O) groups excluding carboxylic acids is 2. The third kappa shape index (κ3) is 8.21. The zero-order valence-electron chi connectivity index (χ0n) is 20.2. The number of sulfonamides is 1. The summed E-state index contributed by atoms with van der Waals surface area (Å²) >= 11 is 0. The van der Waals surface area contributed by atoms with Crippen molar-refractivity contribution in [2.75, 3.05) is 23.7 Å². The average molecular weight is 532 g/mol. The maximum atomic E-state index is 13.3. The summed E-state index contributed by atoms with van der Waals surface area (Å²) in [6, 6.07) is 8.50. The first-order chi connectivity index (χ1) is 16.7. The van der Waals surface area contributed by atoms with Crippen LogP contribution in [-0.2, 0) is 32.3 Å². The van der Waals surface area contributed by atoms with Crippen LogP contribution in [0.3, 0.4) is 0 Å². The first kappa shape index (κ1) is 29.1. The summed E-state index contributed by atoms with van der Waals surface area (Å²) in [5.74, 6) is -1.31. The monoisotopic (exact) mass is 531 g/mol. The highest BCUT2D eigenvalue weighted by atomic mass is 32.2. The number of anilines is 1. The molecule has 36 heavy (non-hydrogen) atoms. The quantitative estimate of drug-likeness (QED) is 0.445. The highest BCUT2D eigenvalue weighted by molar-refractivity contribution is 7.92. The van der Waals surface area contributed by atoms with Crippen molar-refractivity contribution in [2.24, 2.45) is 0 Å². The first-order valence-electron chi connectivity index (χ1n) is 11.2. The Morgan fingerprint density at radius 3 is 2.28 bits per heavy atom. The molecule has 0 aliphatic rings. The van der Waals surface area contributed by atoms with Crippen LogP contribution in [0.15, 0.2) is 48.5 Å². The van der Waals surface area contributed by atoms with Crippen molar-refractivity contribution in [3.05, 3.63) is 65.5 Å². The average Bonchev–Trinajstić information content (AvgIpc) is 2.79. The van der Waals surface area contributed by atoms with Gasteiger partial charge < -0.3 is 10.2 Å². The molecule has 0 aliphatic heterocycles. The zero-order chi connectivity index (χ0) is 27.1. The molecule has 198 valence electrons. The van der Waals surface area contributed by atoms with Gasteiger partial charge in [0, 0.05) is 26.1 Å². The fourth-order valence-corrected chi connectivity index (χ4v) is 4.49. The number of likely N-dealkylation sites (N-methyl/N-ethyl adjacent to an activating group) is 1. The summed E-state index contributed by atoms with van der Waals surface area (Å²) in [6.45, 7) is 3.39. The Bertz CT molecular complexity index is 1150. The van der Waals surface area contributed by atoms with E-state index in [-0.39, 0.29) is 31.6 Å². The van der Waals surface area contributed by atoms with E-state index in [4.69, 9.17) is 0 Å². The van der Waals surface area contributed by atoms with Crippen molar-refractivity contribution in [3.8, 4) is 0 Å². The second-order valence-electron chi connectivity index (χ2n) is 8.21. The van der Waals surface area contributed by atoms with Gasteiger partial charge in [0.1, 0.15) is 11.9 Å². The first-order valence-corrected chi connectivity index (χ1v) is 13.1. The smallest absolute Gasteiger partial charge is 0.355 e. The normalized spacial score (nSPS) is 12.6. The van der Waals surface area contributed by atoms with Gasteiger partial charge in [-0.1, -0.05) is 18.2 Å². The number of nitrogens with zero attached hydrogens (tertiary/aromatic N) is 2. The molecule has 0 saturated heterocycles. The molecule has 2 amide bonds. The number of benzene rings is 2. The number of alkyl halides is 3. The maximum Gasteiger partial charge on any atom is 0.416 e. The molecule has 12 heteroatoms. The molecule has 0 heterocycles. The van der Waals surface area contributed by atoms with Crippen molar-refractivity contribution in [1.82, 2.24) is 10.2 Å². The molecule has 0 spiro atoms. The van der Waals surface area contributed by atoms with E-state index in [1.54, 1.807) is 6.92 Å².